The number of ether oxygens (including phenoxy) is 1. The Balaban J connectivity index is 1.80. The van der Waals surface area contributed by atoms with Gasteiger partial charge in [0.2, 0.25) is 5.91 Å². The molecule has 1 aliphatic rings. The van der Waals surface area contributed by atoms with E-state index in [1.54, 1.807) is 12.1 Å². The first-order valence-corrected chi connectivity index (χ1v) is 9.03. The number of rotatable bonds is 6. The fourth-order valence-electron chi connectivity index (χ4n) is 3.47. The van der Waals surface area contributed by atoms with E-state index in [1.807, 2.05) is 30.3 Å². The van der Waals surface area contributed by atoms with Crippen LogP contribution in [0, 0.1) is 5.92 Å². The van der Waals surface area contributed by atoms with Crippen LogP contribution in [0.5, 0.6) is 5.75 Å². The summed E-state index contributed by atoms with van der Waals surface area (Å²) in [7, 11) is 0. The number of hydrogen-bond acceptors (Lipinski definition) is 2. The number of carbonyl (C=O) groups is 1. The minimum atomic E-state index is -2.85. The molecule has 1 atom stereocenters. The van der Waals surface area contributed by atoms with Gasteiger partial charge in [-0.05, 0) is 36.1 Å². The highest BCUT2D eigenvalue weighted by Crippen LogP contribution is 2.28. The van der Waals surface area contributed by atoms with Crippen LogP contribution < -0.4 is 10.1 Å². The molecule has 1 fully saturated rings. The Bertz CT molecular complexity index is 698. The van der Waals surface area contributed by atoms with Gasteiger partial charge in [0.25, 0.3) is 0 Å². The smallest absolute Gasteiger partial charge is 0.387 e. The van der Waals surface area contributed by atoms with Crippen molar-refractivity contribution in [3.8, 4) is 5.75 Å². The average Bonchev–Trinajstić information content (AvgIpc) is 2.67. The second-order valence-electron chi connectivity index (χ2n) is 6.63. The first-order chi connectivity index (χ1) is 12.6. The zero-order chi connectivity index (χ0) is 18.4. The highest BCUT2D eigenvalue weighted by molar-refractivity contribution is 5.79. The van der Waals surface area contributed by atoms with Crippen molar-refractivity contribution in [1.29, 1.82) is 0 Å². The maximum absolute atomic E-state index is 12.7. The Morgan fingerprint density at radius 2 is 1.54 bits per heavy atom. The van der Waals surface area contributed by atoms with Gasteiger partial charge in [0.15, 0.2) is 0 Å². The van der Waals surface area contributed by atoms with Crippen molar-refractivity contribution < 1.29 is 18.3 Å². The number of alkyl halides is 2. The van der Waals surface area contributed by atoms with Crippen molar-refractivity contribution in [3.05, 3.63) is 65.7 Å². The third-order valence-electron chi connectivity index (χ3n) is 4.83. The zero-order valence-corrected chi connectivity index (χ0v) is 14.5. The summed E-state index contributed by atoms with van der Waals surface area (Å²) in [6.07, 6.45) is 5.22. The van der Waals surface area contributed by atoms with Crippen molar-refractivity contribution in [3.63, 3.8) is 0 Å². The third-order valence-corrected chi connectivity index (χ3v) is 4.83. The molecule has 1 amide bonds. The van der Waals surface area contributed by atoms with E-state index in [1.165, 1.54) is 18.6 Å². The highest BCUT2D eigenvalue weighted by Gasteiger charge is 2.25. The maximum atomic E-state index is 12.7. The van der Waals surface area contributed by atoms with Crippen LogP contribution in [-0.4, -0.2) is 12.5 Å². The molecule has 0 unspecified atom stereocenters. The third kappa shape index (κ3) is 4.81. The molecule has 3 rings (SSSR count). The van der Waals surface area contributed by atoms with Crippen LogP contribution in [0.1, 0.15) is 49.3 Å². The van der Waals surface area contributed by atoms with Gasteiger partial charge >= 0.3 is 6.61 Å². The van der Waals surface area contributed by atoms with E-state index in [0.29, 0.717) is 0 Å². The molecule has 0 radical (unpaired) electrons. The van der Waals surface area contributed by atoms with Crippen molar-refractivity contribution in [1.82, 2.24) is 5.32 Å². The lowest BCUT2D eigenvalue weighted by atomic mass is 9.88. The number of hydrogen-bond donors (Lipinski definition) is 1. The number of amides is 1. The minimum absolute atomic E-state index is 0.0522. The predicted octanol–water partition coefficient (Wildman–Crippen LogP) is 5.07. The van der Waals surface area contributed by atoms with Gasteiger partial charge in [0.05, 0.1) is 6.04 Å². The zero-order valence-electron chi connectivity index (χ0n) is 14.5. The van der Waals surface area contributed by atoms with Crippen LogP contribution >= 0.6 is 0 Å². The largest absolute Gasteiger partial charge is 0.435 e. The fraction of sp³-hybridized carbons (Fsp3) is 0.381. The van der Waals surface area contributed by atoms with E-state index < -0.39 is 6.61 Å². The van der Waals surface area contributed by atoms with E-state index in [-0.39, 0.29) is 23.6 Å². The first kappa shape index (κ1) is 18.4. The maximum Gasteiger partial charge on any atom is 0.387 e. The van der Waals surface area contributed by atoms with Crippen LogP contribution in [0.15, 0.2) is 54.6 Å². The van der Waals surface area contributed by atoms with E-state index in [9.17, 15) is 13.6 Å². The van der Waals surface area contributed by atoms with Gasteiger partial charge in [-0.2, -0.15) is 8.78 Å². The lowest BCUT2D eigenvalue weighted by Crippen LogP contribution is -2.35. The van der Waals surface area contributed by atoms with Gasteiger partial charge < -0.3 is 10.1 Å². The SMILES string of the molecule is O=C(N[C@@H](c1ccccc1)c1ccc(OC(F)F)cc1)C1CCCCC1. The summed E-state index contributed by atoms with van der Waals surface area (Å²) in [5.74, 6) is 0.219. The molecule has 2 aromatic rings. The van der Waals surface area contributed by atoms with Gasteiger partial charge in [-0.3, -0.25) is 4.79 Å². The molecule has 138 valence electrons. The van der Waals surface area contributed by atoms with Crippen LogP contribution in [0.3, 0.4) is 0 Å². The average molecular weight is 359 g/mol. The molecule has 3 nitrogen and oxygen atoms in total. The second-order valence-corrected chi connectivity index (χ2v) is 6.63. The van der Waals surface area contributed by atoms with E-state index >= 15 is 0 Å². The normalized spacial score (nSPS) is 16.3. The number of benzene rings is 2. The van der Waals surface area contributed by atoms with Crippen LogP contribution in [0.25, 0.3) is 0 Å². The molecule has 0 heterocycles. The van der Waals surface area contributed by atoms with Gasteiger partial charge in [0.1, 0.15) is 5.75 Å². The molecule has 5 heteroatoms. The van der Waals surface area contributed by atoms with Gasteiger partial charge in [-0.1, -0.05) is 61.7 Å². The van der Waals surface area contributed by atoms with E-state index in [2.05, 4.69) is 10.1 Å². The molecule has 1 N–H and O–H groups in total. The van der Waals surface area contributed by atoms with Crippen LogP contribution in [0.4, 0.5) is 8.78 Å². The molecular formula is C21H23F2NO2. The van der Waals surface area contributed by atoms with Crippen LogP contribution in [-0.2, 0) is 4.79 Å². The Morgan fingerprint density at radius 3 is 2.15 bits per heavy atom. The summed E-state index contributed by atoms with van der Waals surface area (Å²) in [5, 5.41) is 3.15. The van der Waals surface area contributed by atoms with Crippen molar-refractivity contribution in [2.24, 2.45) is 5.92 Å². The molecular weight excluding hydrogens is 336 g/mol. The molecule has 0 aromatic heterocycles. The summed E-state index contributed by atoms with van der Waals surface area (Å²) in [4.78, 5) is 12.7. The monoisotopic (exact) mass is 359 g/mol. The van der Waals surface area contributed by atoms with Gasteiger partial charge in [-0.25, -0.2) is 0 Å². The fourth-order valence-corrected chi connectivity index (χ4v) is 3.47. The Morgan fingerprint density at radius 1 is 0.923 bits per heavy atom. The molecule has 0 saturated heterocycles. The van der Waals surface area contributed by atoms with E-state index in [0.717, 1.165) is 36.8 Å². The molecule has 2 aromatic carbocycles. The molecule has 1 aliphatic carbocycles. The molecule has 0 bridgehead atoms. The predicted molar refractivity (Wildman–Crippen MR) is 96.1 cm³/mol. The lowest BCUT2D eigenvalue weighted by Gasteiger charge is -2.25. The molecule has 1 saturated carbocycles. The summed E-state index contributed by atoms with van der Waals surface area (Å²) in [6, 6.07) is 15.8. The minimum Gasteiger partial charge on any atom is -0.435 e. The molecule has 26 heavy (non-hydrogen) atoms. The number of carbonyl (C=O) groups excluding carboxylic acids is 1. The Hall–Kier alpha value is -2.43. The van der Waals surface area contributed by atoms with Crippen molar-refractivity contribution in [2.45, 2.75) is 44.8 Å². The summed E-state index contributed by atoms with van der Waals surface area (Å²) in [6.45, 7) is -2.85. The summed E-state index contributed by atoms with van der Waals surface area (Å²) < 4.78 is 29.1. The molecule has 0 spiro atoms. The molecule has 0 aliphatic heterocycles. The standard InChI is InChI=1S/C21H23F2NO2/c22-21(23)26-18-13-11-16(12-14-18)19(15-7-3-1-4-8-15)24-20(25)17-9-5-2-6-10-17/h1,3-4,7-8,11-14,17,19,21H,2,5-6,9-10H2,(H,24,25)/t19-/m0/s1. The summed E-state index contributed by atoms with van der Waals surface area (Å²) >= 11 is 0. The number of halogens is 2. The summed E-state index contributed by atoms with van der Waals surface area (Å²) in [5.41, 5.74) is 1.79. The van der Waals surface area contributed by atoms with Gasteiger partial charge in [-0.15, -0.1) is 0 Å². The van der Waals surface area contributed by atoms with E-state index in [4.69, 9.17) is 0 Å². The van der Waals surface area contributed by atoms with Crippen molar-refractivity contribution in [2.75, 3.05) is 0 Å². The quantitative estimate of drug-likeness (QED) is 0.782. The van der Waals surface area contributed by atoms with Crippen molar-refractivity contribution >= 4 is 5.91 Å². The Labute approximate surface area is 152 Å². The number of nitrogens with one attached hydrogen (secondary N) is 1. The lowest BCUT2D eigenvalue weighted by molar-refractivity contribution is -0.126. The first-order valence-electron chi connectivity index (χ1n) is 9.03. The topological polar surface area (TPSA) is 38.3 Å². The highest BCUT2D eigenvalue weighted by atomic mass is 19.3. The van der Waals surface area contributed by atoms with Crippen LogP contribution in [0.2, 0.25) is 0 Å². The van der Waals surface area contributed by atoms with Gasteiger partial charge in [0, 0.05) is 5.92 Å². The Kier molecular flexibility index (Phi) is 6.21. The second kappa shape index (κ2) is 8.79.